The average Bonchev–Trinajstić information content (AvgIpc) is 3.44. The molecule has 1 amide bonds. The van der Waals surface area contributed by atoms with Gasteiger partial charge in [-0.3, -0.25) is 9.69 Å². The zero-order valence-corrected chi connectivity index (χ0v) is 20.7. The molecule has 1 saturated heterocycles. The van der Waals surface area contributed by atoms with Crippen molar-refractivity contribution in [3.63, 3.8) is 0 Å². The molecule has 2 heterocycles. The van der Waals surface area contributed by atoms with Crippen molar-refractivity contribution in [1.29, 1.82) is 0 Å². The van der Waals surface area contributed by atoms with Crippen LogP contribution < -0.4 is 9.47 Å². The fraction of sp³-hybridized carbons (Fsp3) is 0.310. The molecular weight excluding hydrogens is 454 g/mol. The predicted molar refractivity (Wildman–Crippen MR) is 138 cm³/mol. The Balaban J connectivity index is 1.22. The van der Waals surface area contributed by atoms with Crippen LogP contribution in [-0.4, -0.2) is 67.9 Å². The highest BCUT2D eigenvalue weighted by molar-refractivity contribution is 6.04. The van der Waals surface area contributed by atoms with Gasteiger partial charge in [0.05, 0.1) is 26.0 Å². The number of nitrogens with zero attached hydrogens (tertiary/aromatic N) is 3. The first kappa shape index (κ1) is 23.9. The molecule has 1 atom stereocenters. The molecule has 2 aliphatic rings. The lowest BCUT2D eigenvalue weighted by molar-refractivity contribution is -0.144. The van der Waals surface area contributed by atoms with Gasteiger partial charge in [0.2, 0.25) is 6.10 Å². The van der Waals surface area contributed by atoms with Crippen LogP contribution in [0.25, 0.3) is 0 Å². The first-order valence-corrected chi connectivity index (χ1v) is 12.3. The van der Waals surface area contributed by atoms with Crippen LogP contribution in [0.3, 0.4) is 0 Å². The summed E-state index contributed by atoms with van der Waals surface area (Å²) in [6, 6.07) is 26.9. The van der Waals surface area contributed by atoms with Crippen LogP contribution in [0.2, 0.25) is 0 Å². The zero-order chi connectivity index (χ0) is 24.9. The number of benzene rings is 3. The van der Waals surface area contributed by atoms with E-state index in [0.717, 1.165) is 24.4 Å². The molecule has 0 N–H and O–H groups in total. The lowest BCUT2D eigenvalue weighted by Gasteiger charge is -2.40. The molecule has 5 rings (SSSR count). The predicted octanol–water partition coefficient (Wildman–Crippen LogP) is 4.13. The first-order chi connectivity index (χ1) is 17.7. The van der Waals surface area contributed by atoms with E-state index in [-0.39, 0.29) is 11.9 Å². The van der Waals surface area contributed by atoms with E-state index in [0.29, 0.717) is 31.0 Å². The molecular formula is C29H31N3O4. The Bertz CT molecular complexity index is 1170. The summed E-state index contributed by atoms with van der Waals surface area (Å²) in [5, 5.41) is 4.22. The van der Waals surface area contributed by atoms with E-state index in [9.17, 15) is 4.79 Å². The molecule has 0 unspecified atom stereocenters. The number of carbonyl (C=O) groups excluding carboxylic acids is 1. The quantitative estimate of drug-likeness (QED) is 0.504. The zero-order valence-electron chi connectivity index (χ0n) is 20.7. The summed E-state index contributed by atoms with van der Waals surface area (Å²) in [5.41, 5.74) is 4.12. The van der Waals surface area contributed by atoms with Crippen molar-refractivity contribution in [3.05, 3.63) is 95.6 Å². The fourth-order valence-corrected chi connectivity index (χ4v) is 4.98. The molecule has 186 valence electrons. The molecule has 0 aromatic heterocycles. The molecule has 2 aliphatic heterocycles. The molecule has 7 heteroatoms. The van der Waals surface area contributed by atoms with E-state index in [4.69, 9.17) is 14.3 Å². The van der Waals surface area contributed by atoms with Crippen molar-refractivity contribution in [2.45, 2.75) is 18.6 Å². The van der Waals surface area contributed by atoms with Gasteiger partial charge in [0, 0.05) is 38.2 Å². The third-order valence-electron chi connectivity index (χ3n) is 6.88. The Morgan fingerprint density at radius 3 is 2.06 bits per heavy atom. The molecule has 3 aromatic rings. The number of hydrogen-bond donors (Lipinski definition) is 0. The molecule has 0 bridgehead atoms. The molecule has 0 spiro atoms. The number of ether oxygens (including phenoxy) is 2. The van der Waals surface area contributed by atoms with Crippen LogP contribution in [0.5, 0.6) is 11.5 Å². The largest absolute Gasteiger partial charge is 0.493 e. The average molecular weight is 486 g/mol. The molecule has 0 saturated carbocycles. The molecule has 3 aromatic carbocycles. The lowest BCUT2D eigenvalue weighted by atomic mass is 9.96. The normalized spacial score (nSPS) is 18.0. The molecule has 7 nitrogen and oxygen atoms in total. The van der Waals surface area contributed by atoms with Crippen LogP contribution in [0.1, 0.15) is 29.2 Å². The smallest absolute Gasteiger partial charge is 0.266 e. The monoisotopic (exact) mass is 485 g/mol. The summed E-state index contributed by atoms with van der Waals surface area (Å²) >= 11 is 0. The maximum atomic E-state index is 13.3. The van der Waals surface area contributed by atoms with Crippen molar-refractivity contribution >= 4 is 11.6 Å². The van der Waals surface area contributed by atoms with Gasteiger partial charge in [-0.15, -0.1) is 0 Å². The van der Waals surface area contributed by atoms with Gasteiger partial charge in [-0.2, -0.15) is 0 Å². The number of piperazine rings is 1. The van der Waals surface area contributed by atoms with Crippen molar-refractivity contribution < 1.29 is 19.1 Å². The summed E-state index contributed by atoms with van der Waals surface area (Å²) in [5.74, 6) is 1.26. The SMILES string of the molecule is COc1ccc(C2=NO[C@@H](C(=O)N3CCN(C(c4ccccc4)c4ccccc4)CC3)C2)cc1OC. The summed E-state index contributed by atoms with van der Waals surface area (Å²) in [6.07, 6.45) is -0.163. The summed E-state index contributed by atoms with van der Waals surface area (Å²) in [6.45, 7) is 2.88. The number of amides is 1. The Labute approximate surface area is 211 Å². The summed E-state index contributed by atoms with van der Waals surface area (Å²) in [4.78, 5) is 23.2. The van der Waals surface area contributed by atoms with E-state index in [1.54, 1.807) is 14.2 Å². The van der Waals surface area contributed by atoms with Crippen molar-refractivity contribution in [2.75, 3.05) is 40.4 Å². The molecule has 36 heavy (non-hydrogen) atoms. The van der Waals surface area contributed by atoms with E-state index >= 15 is 0 Å². The molecule has 0 aliphatic carbocycles. The Morgan fingerprint density at radius 2 is 1.47 bits per heavy atom. The minimum atomic E-state index is -0.598. The standard InChI is InChI=1S/C29H31N3O4/c1-34-25-14-13-23(19-26(25)35-2)24-20-27(36-30-24)29(33)32-17-15-31(16-18-32)28(21-9-5-3-6-10-21)22-11-7-4-8-12-22/h3-14,19,27-28H,15-18,20H2,1-2H3/t27-/m1/s1. The van der Waals surface area contributed by atoms with Crippen molar-refractivity contribution in [2.24, 2.45) is 5.16 Å². The van der Waals surface area contributed by atoms with E-state index in [1.165, 1.54) is 11.1 Å². The highest BCUT2D eigenvalue weighted by Gasteiger charge is 2.35. The maximum Gasteiger partial charge on any atom is 0.266 e. The number of methoxy groups -OCH3 is 2. The number of hydrogen-bond acceptors (Lipinski definition) is 6. The highest BCUT2D eigenvalue weighted by Crippen LogP contribution is 2.31. The van der Waals surface area contributed by atoms with Crippen LogP contribution in [0, 0.1) is 0 Å². The number of rotatable bonds is 7. The van der Waals surface area contributed by atoms with Crippen molar-refractivity contribution in [3.8, 4) is 11.5 Å². The van der Waals surface area contributed by atoms with Crippen molar-refractivity contribution in [1.82, 2.24) is 9.80 Å². The number of oxime groups is 1. The third-order valence-corrected chi connectivity index (χ3v) is 6.88. The van der Waals surface area contributed by atoms with Gasteiger partial charge in [-0.1, -0.05) is 65.8 Å². The summed E-state index contributed by atoms with van der Waals surface area (Å²) < 4.78 is 10.7. The minimum Gasteiger partial charge on any atom is -0.493 e. The second kappa shape index (κ2) is 10.8. The van der Waals surface area contributed by atoms with Gasteiger partial charge < -0.3 is 19.2 Å². The topological polar surface area (TPSA) is 63.6 Å². The Hall–Kier alpha value is -3.84. The van der Waals surface area contributed by atoms with Crippen LogP contribution in [0.15, 0.2) is 84.0 Å². The minimum absolute atomic E-state index is 0.00940. The van der Waals surface area contributed by atoms with E-state index < -0.39 is 6.10 Å². The third kappa shape index (κ3) is 4.93. The molecule has 0 radical (unpaired) electrons. The second-order valence-corrected chi connectivity index (χ2v) is 8.99. The highest BCUT2D eigenvalue weighted by atomic mass is 16.6. The van der Waals surface area contributed by atoms with Gasteiger partial charge >= 0.3 is 0 Å². The number of carbonyl (C=O) groups is 1. The maximum absolute atomic E-state index is 13.3. The molecule has 1 fully saturated rings. The van der Waals surface area contributed by atoms with Gasteiger partial charge in [0.15, 0.2) is 11.5 Å². The van der Waals surface area contributed by atoms with Crippen LogP contribution in [-0.2, 0) is 9.63 Å². The van der Waals surface area contributed by atoms with Gasteiger partial charge in [0.1, 0.15) is 0 Å². The van der Waals surface area contributed by atoms with Gasteiger partial charge in [0.25, 0.3) is 5.91 Å². The van der Waals surface area contributed by atoms with Crippen LogP contribution in [0.4, 0.5) is 0 Å². The fourth-order valence-electron chi connectivity index (χ4n) is 4.98. The Kier molecular flexibility index (Phi) is 7.18. The lowest BCUT2D eigenvalue weighted by Crippen LogP contribution is -2.52. The summed E-state index contributed by atoms with van der Waals surface area (Å²) in [7, 11) is 3.20. The Morgan fingerprint density at radius 1 is 0.861 bits per heavy atom. The van der Waals surface area contributed by atoms with E-state index in [1.807, 2.05) is 35.2 Å². The van der Waals surface area contributed by atoms with Gasteiger partial charge in [-0.25, -0.2) is 0 Å². The van der Waals surface area contributed by atoms with Gasteiger partial charge in [-0.05, 0) is 29.3 Å². The van der Waals surface area contributed by atoms with Crippen LogP contribution >= 0.6 is 0 Å². The van der Waals surface area contributed by atoms with E-state index in [2.05, 4.69) is 58.6 Å². The second-order valence-electron chi connectivity index (χ2n) is 8.99. The first-order valence-electron chi connectivity index (χ1n) is 12.3.